The summed E-state index contributed by atoms with van der Waals surface area (Å²) >= 11 is 19.1. The van der Waals surface area contributed by atoms with E-state index >= 15 is 0 Å². The van der Waals surface area contributed by atoms with E-state index in [0.717, 1.165) is 22.0 Å². The van der Waals surface area contributed by atoms with Crippen molar-refractivity contribution in [1.29, 1.82) is 0 Å². The Hall–Kier alpha value is -1.79. The molecule has 0 spiro atoms. The van der Waals surface area contributed by atoms with E-state index in [1.807, 2.05) is 43.5 Å². The molecule has 1 saturated heterocycles. The third kappa shape index (κ3) is 3.60. The molecule has 1 aliphatic rings. The Morgan fingerprint density at radius 2 is 1.96 bits per heavy atom. The number of carbonyl (C=O) groups is 1. The molecule has 1 aromatic heterocycles. The van der Waals surface area contributed by atoms with Gasteiger partial charge in [-0.25, -0.2) is 0 Å². The average Bonchev–Trinajstić information content (AvgIpc) is 3.15. The number of halogens is 2. The van der Waals surface area contributed by atoms with Gasteiger partial charge in [-0.05, 0) is 36.8 Å². The molecule has 7 heteroatoms. The quantitative estimate of drug-likeness (QED) is 0.351. The van der Waals surface area contributed by atoms with Crippen molar-refractivity contribution < 1.29 is 4.79 Å². The van der Waals surface area contributed by atoms with Gasteiger partial charge in [0.1, 0.15) is 4.32 Å². The number of amides is 1. The Kier molecular flexibility index (Phi) is 5.52. The highest BCUT2D eigenvalue weighted by molar-refractivity contribution is 8.26. The van der Waals surface area contributed by atoms with Gasteiger partial charge in [0.2, 0.25) is 0 Å². The fourth-order valence-electron chi connectivity index (χ4n) is 3.27. The Labute approximate surface area is 182 Å². The zero-order valence-corrected chi connectivity index (χ0v) is 18.1. The number of thioether (sulfide) groups is 1. The molecule has 2 heterocycles. The van der Waals surface area contributed by atoms with E-state index in [-0.39, 0.29) is 5.91 Å². The van der Waals surface area contributed by atoms with Gasteiger partial charge in [-0.3, -0.25) is 9.69 Å². The number of rotatable bonds is 4. The molecule has 142 valence electrons. The van der Waals surface area contributed by atoms with Crippen LogP contribution in [0.25, 0.3) is 17.0 Å². The predicted molar refractivity (Wildman–Crippen MR) is 123 cm³/mol. The molecule has 0 N–H and O–H groups in total. The van der Waals surface area contributed by atoms with Gasteiger partial charge in [-0.1, -0.05) is 71.4 Å². The first-order valence-electron chi connectivity index (χ1n) is 8.75. The van der Waals surface area contributed by atoms with E-state index in [9.17, 15) is 4.79 Å². The highest BCUT2D eigenvalue weighted by Gasteiger charge is 2.30. The van der Waals surface area contributed by atoms with Crippen LogP contribution in [0.3, 0.4) is 0 Å². The molecule has 0 atom stereocenters. The lowest BCUT2D eigenvalue weighted by atomic mass is 10.1. The van der Waals surface area contributed by atoms with Crippen LogP contribution in [0.2, 0.25) is 10.0 Å². The molecular weight excluding hydrogens is 431 g/mol. The summed E-state index contributed by atoms with van der Waals surface area (Å²) in [5.74, 6) is -0.0323. The summed E-state index contributed by atoms with van der Waals surface area (Å²) in [6.07, 6.45) is 3.98. The van der Waals surface area contributed by atoms with Crippen molar-refractivity contribution in [3.05, 3.63) is 74.7 Å². The summed E-state index contributed by atoms with van der Waals surface area (Å²) in [5.41, 5.74) is 3.04. The van der Waals surface area contributed by atoms with Gasteiger partial charge in [0, 0.05) is 45.8 Å². The molecule has 0 radical (unpaired) electrons. The number of aromatic nitrogens is 1. The third-order valence-corrected chi connectivity index (χ3v) is 6.62. The van der Waals surface area contributed by atoms with E-state index in [2.05, 4.69) is 16.7 Å². The highest BCUT2D eigenvalue weighted by Crippen LogP contribution is 2.34. The number of fused-ring (bicyclic) bond motifs is 1. The van der Waals surface area contributed by atoms with Gasteiger partial charge < -0.3 is 4.57 Å². The van der Waals surface area contributed by atoms with Crippen molar-refractivity contribution in [1.82, 2.24) is 9.47 Å². The van der Waals surface area contributed by atoms with Crippen molar-refractivity contribution in [2.75, 3.05) is 6.54 Å². The molecule has 28 heavy (non-hydrogen) atoms. The minimum absolute atomic E-state index is 0.0323. The Balaban J connectivity index is 1.76. The summed E-state index contributed by atoms with van der Waals surface area (Å²) in [4.78, 5) is 14.8. The molecule has 1 amide bonds. The first-order valence-corrected chi connectivity index (χ1v) is 10.7. The van der Waals surface area contributed by atoms with Crippen molar-refractivity contribution in [2.45, 2.75) is 13.5 Å². The fourth-order valence-corrected chi connectivity index (χ4v) is 5.11. The lowest BCUT2D eigenvalue weighted by molar-refractivity contribution is -0.121. The van der Waals surface area contributed by atoms with Crippen LogP contribution in [0.15, 0.2) is 53.6 Å². The van der Waals surface area contributed by atoms with Crippen LogP contribution in [0, 0.1) is 0 Å². The van der Waals surface area contributed by atoms with Crippen LogP contribution in [0.1, 0.15) is 18.1 Å². The van der Waals surface area contributed by atoms with Crippen LogP contribution < -0.4 is 0 Å². The number of nitrogens with zero attached hydrogens (tertiary/aromatic N) is 2. The maximum absolute atomic E-state index is 12.6. The smallest absolute Gasteiger partial charge is 0.266 e. The minimum Gasteiger partial charge on any atom is -0.342 e. The predicted octanol–water partition coefficient (Wildman–Crippen LogP) is 6.22. The zero-order chi connectivity index (χ0) is 19.8. The Morgan fingerprint density at radius 1 is 1.18 bits per heavy atom. The van der Waals surface area contributed by atoms with Crippen molar-refractivity contribution in [3.63, 3.8) is 0 Å². The van der Waals surface area contributed by atoms with Gasteiger partial charge in [0.05, 0.1) is 4.91 Å². The standard InChI is InChI=1S/C21H16Cl2N2OS2/c1-2-25-20(26)19(28-21(25)27)9-14-12-24(18-6-4-3-5-16(14)18)11-13-7-8-15(22)10-17(13)23/h3-10,12H,2,11H2,1H3/b19-9+. The number of likely N-dealkylation sites (N-methyl/N-ethyl adjacent to an activating group) is 1. The van der Waals surface area contributed by atoms with Crippen LogP contribution in [-0.4, -0.2) is 26.2 Å². The van der Waals surface area contributed by atoms with Crippen LogP contribution in [-0.2, 0) is 11.3 Å². The number of para-hydroxylation sites is 1. The molecule has 3 aromatic rings. The minimum atomic E-state index is -0.0323. The molecule has 0 aliphatic carbocycles. The van der Waals surface area contributed by atoms with E-state index < -0.39 is 0 Å². The number of thiocarbonyl (C=S) groups is 1. The summed E-state index contributed by atoms with van der Waals surface area (Å²) in [5, 5.41) is 2.33. The molecule has 0 bridgehead atoms. The SMILES string of the molecule is CCN1C(=O)/C(=C\c2cn(Cc3ccc(Cl)cc3Cl)c3ccccc23)SC1=S. The number of benzene rings is 2. The van der Waals surface area contributed by atoms with Crippen LogP contribution >= 0.6 is 47.2 Å². The number of hydrogen-bond donors (Lipinski definition) is 0. The third-order valence-electron chi connectivity index (χ3n) is 4.65. The van der Waals surface area contributed by atoms with Crippen LogP contribution in [0.5, 0.6) is 0 Å². The molecule has 4 rings (SSSR count). The lowest BCUT2D eigenvalue weighted by Gasteiger charge is -2.09. The van der Waals surface area contributed by atoms with Crippen LogP contribution in [0.4, 0.5) is 0 Å². The second kappa shape index (κ2) is 7.91. The second-order valence-electron chi connectivity index (χ2n) is 6.39. The van der Waals surface area contributed by atoms with E-state index in [1.165, 1.54) is 11.8 Å². The molecule has 1 aliphatic heterocycles. The van der Waals surface area contributed by atoms with Crippen molar-refractivity contribution in [2.24, 2.45) is 0 Å². The molecule has 3 nitrogen and oxygen atoms in total. The molecule has 2 aromatic carbocycles. The largest absolute Gasteiger partial charge is 0.342 e. The highest BCUT2D eigenvalue weighted by atomic mass is 35.5. The van der Waals surface area contributed by atoms with E-state index in [1.54, 1.807) is 11.0 Å². The van der Waals surface area contributed by atoms with Gasteiger partial charge in [0.15, 0.2) is 0 Å². The number of hydrogen-bond acceptors (Lipinski definition) is 3. The average molecular weight is 447 g/mol. The Morgan fingerprint density at radius 3 is 2.68 bits per heavy atom. The van der Waals surface area contributed by atoms with Gasteiger partial charge in [0.25, 0.3) is 5.91 Å². The lowest BCUT2D eigenvalue weighted by Crippen LogP contribution is -2.27. The van der Waals surface area contributed by atoms with Gasteiger partial charge in [-0.15, -0.1) is 0 Å². The van der Waals surface area contributed by atoms with Crippen molar-refractivity contribution in [3.8, 4) is 0 Å². The Bertz CT molecular complexity index is 1140. The second-order valence-corrected chi connectivity index (χ2v) is 8.91. The van der Waals surface area contributed by atoms with Crippen molar-refractivity contribution >= 4 is 74.4 Å². The fraction of sp³-hybridized carbons (Fsp3) is 0.143. The summed E-state index contributed by atoms with van der Waals surface area (Å²) in [6, 6.07) is 13.6. The van der Waals surface area contributed by atoms with E-state index in [0.29, 0.717) is 32.4 Å². The first-order chi connectivity index (χ1) is 13.5. The molecular formula is C21H16Cl2N2OS2. The summed E-state index contributed by atoms with van der Waals surface area (Å²) in [6.45, 7) is 3.12. The monoisotopic (exact) mass is 446 g/mol. The maximum atomic E-state index is 12.6. The summed E-state index contributed by atoms with van der Waals surface area (Å²) in [7, 11) is 0. The normalized spacial score (nSPS) is 16.0. The van der Waals surface area contributed by atoms with Gasteiger partial charge >= 0.3 is 0 Å². The van der Waals surface area contributed by atoms with E-state index in [4.69, 9.17) is 35.4 Å². The maximum Gasteiger partial charge on any atom is 0.266 e. The summed E-state index contributed by atoms with van der Waals surface area (Å²) < 4.78 is 2.74. The van der Waals surface area contributed by atoms with Gasteiger partial charge in [-0.2, -0.15) is 0 Å². The number of carbonyl (C=O) groups excluding carboxylic acids is 1. The topological polar surface area (TPSA) is 25.2 Å². The molecule has 1 fully saturated rings. The first kappa shape index (κ1) is 19.5. The zero-order valence-electron chi connectivity index (χ0n) is 15.0. The molecule has 0 unspecified atom stereocenters. The molecule has 0 saturated carbocycles.